The molecule has 0 bridgehead atoms. The zero-order valence-corrected chi connectivity index (χ0v) is 13.1. The molecule has 0 aromatic carbocycles. The van der Waals surface area contributed by atoms with Gasteiger partial charge in [0.2, 0.25) is 5.91 Å². The van der Waals surface area contributed by atoms with Gasteiger partial charge in [-0.1, -0.05) is 12.8 Å². The molecule has 2 rings (SSSR count). The first-order valence-corrected chi connectivity index (χ1v) is 8.43. The number of carbonyl (C=O) groups excluding carboxylic acids is 1. The highest BCUT2D eigenvalue weighted by Crippen LogP contribution is 2.18. The zero-order valence-electron chi connectivity index (χ0n) is 13.1. The highest BCUT2D eigenvalue weighted by molar-refractivity contribution is 5.78. The van der Waals surface area contributed by atoms with Crippen LogP contribution in [0.1, 0.15) is 44.9 Å². The predicted molar refractivity (Wildman–Crippen MR) is 82.8 cm³/mol. The third-order valence-corrected chi connectivity index (χ3v) is 4.80. The van der Waals surface area contributed by atoms with Crippen LogP contribution in [0.15, 0.2) is 0 Å². The number of nitrogens with one attached hydrogen (secondary N) is 1. The Hall–Kier alpha value is -0.610. The van der Waals surface area contributed by atoms with E-state index in [2.05, 4.69) is 22.2 Å². The minimum Gasteiger partial charge on any atom is -0.342 e. The Balaban J connectivity index is 1.54. The topological polar surface area (TPSA) is 35.6 Å². The fourth-order valence-electron chi connectivity index (χ4n) is 3.28. The van der Waals surface area contributed by atoms with Crippen LogP contribution in [0.2, 0.25) is 0 Å². The number of nitrogens with zero attached hydrogens (tertiary/aromatic N) is 2. The molecule has 1 amide bonds. The van der Waals surface area contributed by atoms with Crippen LogP contribution in [0.5, 0.6) is 0 Å². The van der Waals surface area contributed by atoms with Gasteiger partial charge in [-0.3, -0.25) is 4.79 Å². The molecule has 0 aromatic heterocycles. The zero-order chi connectivity index (χ0) is 14.2. The highest BCUT2D eigenvalue weighted by atomic mass is 16.2. The van der Waals surface area contributed by atoms with E-state index in [1.54, 1.807) is 0 Å². The fourth-order valence-corrected chi connectivity index (χ4v) is 3.28. The van der Waals surface area contributed by atoms with Gasteiger partial charge in [0.25, 0.3) is 0 Å². The lowest BCUT2D eigenvalue weighted by Crippen LogP contribution is -2.39. The third-order valence-electron chi connectivity index (χ3n) is 4.80. The van der Waals surface area contributed by atoms with Crippen molar-refractivity contribution in [1.29, 1.82) is 0 Å². The highest BCUT2D eigenvalue weighted by Gasteiger charge is 2.17. The third kappa shape index (κ3) is 5.41. The van der Waals surface area contributed by atoms with Crippen LogP contribution >= 0.6 is 0 Å². The minimum atomic E-state index is 0.301. The first-order chi connectivity index (χ1) is 9.75. The molecule has 116 valence electrons. The lowest BCUT2D eigenvalue weighted by Gasteiger charge is -2.29. The summed E-state index contributed by atoms with van der Waals surface area (Å²) in [4.78, 5) is 16.6. The predicted octanol–water partition coefficient (Wildman–Crippen LogP) is 1.71. The van der Waals surface area contributed by atoms with Crippen molar-refractivity contribution >= 4 is 5.91 Å². The molecular weight excluding hydrogens is 250 g/mol. The van der Waals surface area contributed by atoms with E-state index in [9.17, 15) is 4.79 Å². The van der Waals surface area contributed by atoms with Gasteiger partial charge in [-0.2, -0.15) is 0 Å². The monoisotopic (exact) mass is 281 g/mol. The number of piperidine rings is 1. The normalized spacial score (nSPS) is 22.8. The van der Waals surface area contributed by atoms with Crippen molar-refractivity contribution < 1.29 is 4.79 Å². The van der Waals surface area contributed by atoms with Gasteiger partial charge < -0.3 is 15.1 Å². The summed E-state index contributed by atoms with van der Waals surface area (Å²) < 4.78 is 0. The van der Waals surface area contributed by atoms with Gasteiger partial charge in [0.05, 0.1) is 6.54 Å². The summed E-state index contributed by atoms with van der Waals surface area (Å²) in [5.41, 5.74) is 0. The fraction of sp³-hybridized carbons (Fsp3) is 0.938. The number of likely N-dealkylation sites (tertiary alicyclic amines) is 2. The van der Waals surface area contributed by atoms with E-state index in [-0.39, 0.29) is 0 Å². The van der Waals surface area contributed by atoms with Crippen molar-refractivity contribution in [2.45, 2.75) is 44.9 Å². The number of hydrogen-bond donors (Lipinski definition) is 1. The molecule has 2 aliphatic rings. The van der Waals surface area contributed by atoms with Gasteiger partial charge >= 0.3 is 0 Å². The molecule has 0 unspecified atom stereocenters. The molecule has 2 aliphatic heterocycles. The van der Waals surface area contributed by atoms with Crippen LogP contribution in [0, 0.1) is 5.92 Å². The molecule has 20 heavy (non-hydrogen) atoms. The average molecular weight is 281 g/mol. The molecule has 4 nitrogen and oxygen atoms in total. The van der Waals surface area contributed by atoms with Crippen LogP contribution < -0.4 is 5.32 Å². The Bertz CT molecular complexity index is 279. The Labute approximate surface area is 123 Å². The molecule has 2 heterocycles. The maximum absolute atomic E-state index is 12.1. The quantitative estimate of drug-likeness (QED) is 0.779. The number of amides is 1. The van der Waals surface area contributed by atoms with Crippen molar-refractivity contribution in [2.75, 3.05) is 46.3 Å². The van der Waals surface area contributed by atoms with Gasteiger partial charge in [-0.25, -0.2) is 0 Å². The van der Waals surface area contributed by atoms with Crippen LogP contribution in [-0.2, 0) is 4.79 Å². The van der Waals surface area contributed by atoms with E-state index in [4.69, 9.17) is 0 Å². The second kappa shape index (κ2) is 8.63. The second-order valence-corrected chi connectivity index (χ2v) is 6.51. The molecule has 1 N–H and O–H groups in total. The lowest BCUT2D eigenvalue weighted by atomic mass is 9.94. The molecular formula is C16H31N3O. The maximum Gasteiger partial charge on any atom is 0.236 e. The first-order valence-electron chi connectivity index (χ1n) is 8.43. The molecule has 0 atom stereocenters. The van der Waals surface area contributed by atoms with Crippen LogP contribution in [0.4, 0.5) is 0 Å². The average Bonchev–Trinajstić information content (AvgIpc) is 2.74. The smallest absolute Gasteiger partial charge is 0.236 e. The molecule has 0 saturated carbocycles. The SMILES string of the molecule is CN1CCC(CCNCC(=O)N2CCCCCC2)CC1. The molecule has 0 aliphatic carbocycles. The minimum absolute atomic E-state index is 0.301. The van der Waals surface area contributed by atoms with E-state index in [1.165, 1.54) is 58.0 Å². The van der Waals surface area contributed by atoms with Gasteiger partial charge in [0.1, 0.15) is 0 Å². The van der Waals surface area contributed by atoms with Crippen molar-refractivity contribution in [2.24, 2.45) is 5.92 Å². The summed E-state index contributed by atoms with van der Waals surface area (Å²) in [7, 11) is 2.20. The van der Waals surface area contributed by atoms with Crippen LogP contribution in [-0.4, -0.2) is 62.0 Å². The van der Waals surface area contributed by atoms with Gasteiger partial charge in [-0.05, 0) is 64.7 Å². The molecule has 2 fully saturated rings. The van der Waals surface area contributed by atoms with Gasteiger partial charge in [-0.15, -0.1) is 0 Å². The molecule has 2 saturated heterocycles. The Morgan fingerprint density at radius 3 is 2.35 bits per heavy atom. The van der Waals surface area contributed by atoms with Crippen molar-refractivity contribution in [1.82, 2.24) is 15.1 Å². The van der Waals surface area contributed by atoms with Crippen LogP contribution in [0.25, 0.3) is 0 Å². The Morgan fingerprint density at radius 2 is 1.70 bits per heavy atom. The van der Waals surface area contributed by atoms with E-state index in [0.29, 0.717) is 12.5 Å². The molecule has 0 spiro atoms. The first kappa shape index (κ1) is 15.8. The number of rotatable bonds is 5. The molecule has 0 radical (unpaired) electrons. The lowest BCUT2D eigenvalue weighted by molar-refractivity contribution is -0.130. The number of hydrogen-bond acceptors (Lipinski definition) is 3. The molecule has 0 aromatic rings. The summed E-state index contributed by atoms with van der Waals surface area (Å²) in [6, 6.07) is 0. The Kier molecular flexibility index (Phi) is 6.80. The summed E-state index contributed by atoms with van der Waals surface area (Å²) in [6.07, 6.45) is 8.79. The largest absolute Gasteiger partial charge is 0.342 e. The second-order valence-electron chi connectivity index (χ2n) is 6.51. The summed E-state index contributed by atoms with van der Waals surface area (Å²) >= 11 is 0. The van der Waals surface area contributed by atoms with Gasteiger partial charge in [0, 0.05) is 13.1 Å². The summed E-state index contributed by atoms with van der Waals surface area (Å²) in [6.45, 7) is 5.93. The number of carbonyl (C=O) groups is 1. The molecule has 4 heteroatoms. The van der Waals surface area contributed by atoms with E-state index >= 15 is 0 Å². The summed E-state index contributed by atoms with van der Waals surface area (Å²) in [5.74, 6) is 1.15. The van der Waals surface area contributed by atoms with E-state index < -0.39 is 0 Å². The standard InChI is InChI=1S/C16H31N3O/c1-18-12-7-15(8-13-18)6-9-17-14-16(20)19-10-4-2-3-5-11-19/h15,17H,2-14H2,1H3. The van der Waals surface area contributed by atoms with E-state index in [0.717, 1.165) is 25.6 Å². The van der Waals surface area contributed by atoms with Gasteiger partial charge in [0.15, 0.2) is 0 Å². The van der Waals surface area contributed by atoms with Crippen molar-refractivity contribution in [3.8, 4) is 0 Å². The van der Waals surface area contributed by atoms with Crippen LogP contribution in [0.3, 0.4) is 0 Å². The van der Waals surface area contributed by atoms with E-state index in [1.807, 2.05) is 0 Å². The summed E-state index contributed by atoms with van der Waals surface area (Å²) in [5, 5.41) is 3.36. The Morgan fingerprint density at radius 1 is 1.05 bits per heavy atom. The van der Waals surface area contributed by atoms with Crippen molar-refractivity contribution in [3.63, 3.8) is 0 Å². The van der Waals surface area contributed by atoms with Crippen molar-refractivity contribution in [3.05, 3.63) is 0 Å². The maximum atomic E-state index is 12.1.